The Morgan fingerprint density at radius 3 is 2.29 bits per heavy atom. The van der Waals surface area contributed by atoms with Gasteiger partial charge in [0.1, 0.15) is 0 Å². The molecular weight excluding hydrogens is 170 g/mol. The summed E-state index contributed by atoms with van der Waals surface area (Å²) in [5.41, 5.74) is 2.67. The SMILES string of the molecule is CCNc1ccc(CC(C)CC)cc1. The Bertz CT molecular complexity index is 250. The van der Waals surface area contributed by atoms with Gasteiger partial charge in [-0.3, -0.25) is 0 Å². The molecule has 0 saturated carbocycles. The maximum absolute atomic E-state index is 3.30. The minimum absolute atomic E-state index is 0.792. The van der Waals surface area contributed by atoms with Crippen LogP contribution in [0.1, 0.15) is 32.8 Å². The van der Waals surface area contributed by atoms with Crippen LogP contribution in [-0.4, -0.2) is 6.54 Å². The maximum Gasteiger partial charge on any atom is 0.0340 e. The predicted molar refractivity (Wildman–Crippen MR) is 63.8 cm³/mol. The summed E-state index contributed by atoms with van der Waals surface area (Å²) in [4.78, 5) is 0. The molecule has 0 aliphatic heterocycles. The first-order chi connectivity index (χ1) is 6.76. The molecule has 78 valence electrons. The van der Waals surface area contributed by atoms with Gasteiger partial charge >= 0.3 is 0 Å². The van der Waals surface area contributed by atoms with E-state index in [9.17, 15) is 0 Å². The Morgan fingerprint density at radius 1 is 1.14 bits per heavy atom. The van der Waals surface area contributed by atoms with E-state index in [-0.39, 0.29) is 0 Å². The Hall–Kier alpha value is -0.980. The van der Waals surface area contributed by atoms with Crippen LogP contribution in [-0.2, 0) is 6.42 Å². The molecular formula is C13H21N. The summed E-state index contributed by atoms with van der Waals surface area (Å²) < 4.78 is 0. The van der Waals surface area contributed by atoms with E-state index in [4.69, 9.17) is 0 Å². The zero-order valence-corrected chi connectivity index (χ0v) is 9.51. The van der Waals surface area contributed by atoms with E-state index in [1.165, 1.54) is 24.1 Å². The molecule has 1 rings (SSSR count). The second-order valence-corrected chi connectivity index (χ2v) is 3.94. The number of anilines is 1. The van der Waals surface area contributed by atoms with Gasteiger partial charge in [-0.1, -0.05) is 32.4 Å². The van der Waals surface area contributed by atoms with Crippen LogP contribution in [0.4, 0.5) is 5.69 Å². The highest BCUT2D eigenvalue weighted by Crippen LogP contribution is 2.14. The quantitative estimate of drug-likeness (QED) is 0.748. The van der Waals surface area contributed by atoms with Crippen molar-refractivity contribution in [1.82, 2.24) is 0 Å². The van der Waals surface area contributed by atoms with E-state index in [2.05, 4.69) is 50.4 Å². The molecule has 14 heavy (non-hydrogen) atoms. The predicted octanol–water partition coefficient (Wildman–Crippen LogP) is 3.71. The highest BCUT2D eigenvalue weighted by atomic mass is 14.8. The van der Waals surface area contributed by atoms with E-state index in [1.54, 1.807) is 0 Å². The Kier molecular flexibility index (Phi) is 4.51. The molecule has 0 fully saturated rings. The number of benzene rings is 1. The van der Waals surface area contributed by atoms with Crippen molar-refractivity contribution >= 4 is 5.69 Å². The van der Waals surface area contributed by atoms with Crippen molar-refractivity contribution in [2.24, 2.45) is 5.92 Å². The van der Waals surface area contributed by atoms with Crippen molar-refractivity contribution in [2.75, 3.05) is 11.9 Å². The summed E-state index contributed by atoms with van der Waals surface area (Å²) in [6.07, 6.45) is 2.46. The van der Waals surface area contributed by atoms with Crippen molar-refractivity contribution < 1.29 is 0 Å². The third-order valence-electron chi connectivity index (χ3n) is 2.62. The summed E-state index contributed by atoms with van der Waals surface area (Å²) in [5.74, 6) is 0.792. The van der Waals surface area contributed by atoms with Gasteiger partial charge in [-0.2, -0.15) is 0 Å². The van der Waals surface area contributed by atoms with Crippen molar-refractivity contribution in [2.45, 2.75) is 33.6 Å². The van der Waals surface area contributed by atoms with Crippen LogP contribution in [0.2, 0.25) is 0 Å². The van der Waals surface area contributed by atoms with E-state index in [1.807, 2.05) is 0 Å². The molecule has 1 heteroatoms. The minimum Gasteiger partial charge on any atom is -0.385 e. The number of rotatable bonds is 5. The van der Waals surface area contributed by atoms with Crippen molar-refractivity contribution in [1.29, 1.82) is 0 Å². The first kappa shape index (κ1) is 11.1. The second-order valence-electron chi connectivity index (χ2n) is 3.94. The molecule has 1 N–H and O–H groups in total. The van der Waals surface area contributed by atoms with Gasteiger partial charge < -0.3 is 5.32 Å². The molecule has 1 unspecified atom stereocenters. The van der Waals surface area contributed by atoms with E-state index >= 15 is 0 Å². The van der Waals surface area contributed by atoms with Crippen LogP contribution < -0.4 is 5.32 Å². The fourth-order valence-electron chi connectivity index (χ4n) is 1.51. The number of hydrogen-bond acceptors (Lipinski definition) is 1. The summed E-state index contributed by atoms with van der Waals surface area (Å²) in [6.45, 7) is 7.66. The average molecular weight is 191 g/mol. The summed E-state index contributed by atoms with van der Waals surface area (Å²) in [6, 6.07) is 8.79. The minimum atomic E-state index is 0.792. The third kappa shape index (κ3) is 3.41. The van der Waals surface area contributed by atoms with E-state index in [0.717, 1.165) is 12.5 Å². The van der Waals surface area contributed by atoms with Crippen LogP contribution in [0.15, 0.2) is 24.3 Å². The van der Waals surface area contributed by atoms with E-state index < -0.39 is 0 Å². The van der Waals surface area contributed by atoms with Crippen molar-refractivity contribution in [3.8, 4) is 0 Å². The number of hydrogen-bond donors (Lipinski definition) is 1. The molecule has 0 bridgehead atoms. The third-order valence-corrected chi connectivity index (χ3v) is 2.62. The van der Waals surface area contributed by atoms with Crippen LogP contribution in [0, 0.1) is 5.92 Å². The summed E-state index contributed by atoms with van der Waals surface area (Å²) in [7, 11) is 0. The Morgan fingerprint density at radius 2 is 1.79 bits per heavy atom. The van der Waals surface area contributed by atoms with Crippen LogP contribution in [0.25, 0.3) is 0 Å². The fourth-order valence-corrected chi connectivity index (χ4v) is 1.51. The second kappa shape index (κ2) is 5.69. The van der Waals surface area contributed by atoms with Gasteiger partial charge in [-0.05, 0) is 37.0 Å². The first-order valence-corrected chi connectivity index (χ1v) is 5.59. The molecule has 0 aromatic heterocycles. The molecule has 1 aromatic carbocycles. The zero-order chi connectivity index (χ0) is 10.4. The molecule has 0 saturated heterocycles. The van der Waals surface area contributed by atoms with Crippen LogP contribution in [0.3, 0.4) is 0 Å². The standard InChI is InChI=1S/C13H21N/c1-4-11(3)10-12-6-8-13(9-7-12)14-5-2/h6-9,11,14H,4-5,10H2,1-3H3. The topological polar surface area (TPSA) is 12.0 Å². The Balaban J connectivity index is 2.54. The molecule has 0 aliphatic carbocycles. The molecule has 1 aromatic rings. The van der Waals surface area contributed by atoms with Crippen molar-refractivity contribution in [3.63, 3.8) is 0 Å². The summed E-state index contributed by atoms with van der Waals surface area (Å²) >= 11 is 0. The smallest absolute Gasteiger partial charge is 0.0340 e. The van der Waals surface area contributed by atoms with E-state index in [0.29, 0.717) is 0 Å². The molecule has 0 spiro atoms. The normalized spacial score (nSPS) is 12.5. The Labute approximate surface area is 87.5 Å². The highest BCUT2D eigenvalue weighted by Gasteiger charge is 2.00. The molecule has 0 amide bonds. The van der Waals surface area contributed by atoms with Crippen LogP contribution in [0.5, 0.6) is 0 Å². The molecule has 1 nitrogen and oxygen atoms in total. The van der Waals surface area contributed by atoms with Gasteiger partial charge in [0.05, 0.1) is 0 Å². The fraction of sp³-hybridized carbons (Fsp3) is 0.538. The highest BCUT2D eigenvalue weighted by molar-refractivity contribution is 5.44. The monoisotopic (exact) mass is 191 g/mol. The largest absolute Gasteiger partial charge is 0.385 e. The van der Waals surface area contributed by atoms with Gasteiger partial charge in [0.25, 0.3) is 0 Å². The maximum atomic E-state index is 3.30. The molecule has 0 radical (unpaired) electrons. The van der Waals surface area contributed by atoms with Gasteiger partial charge in [-0.15, -0.1) is 0 Å². The first-order valence-electron chi connectivity index (χ1n) is 5.59. The van der Waals surface area contributed by atoms with Crippen LogP contribution >= 0.6 is 0 Å². The molecule has 0 aliphatic rings. The van der Waals surface area contributed by atoms with Gasteiger partial charge in [0.15, 0.2) is 0 Å². The zero-order valence-electron chi connectivity index (χ0n) is 9.51. The lowest BCUT2D eigenvalue weighted by molar-refractivity contribution is 0.560. The van der Waals surface area contributed by atoms with Gasteiger partial charge in [-0.25, -0.2) is 0 Å². The van der Waals surface area contributed by atoms with Crippen molar-refractivity contribution in [3.05, 3.63) is 29.8 Å². The van der Waals surface area contributed by atoms with Gasteiger partial charge in [0, 0.05) is 12.2 Å². The molecule has 0 heterocycles. The average Bonchev–Trinajstić information content (AvgIpc) is 2.21. The summed E-state index contributed by atoms with van der Waals surface area (Å²) in [5, 5.41) is 3.30. The molecule has 1 atom stereocenters. The lowest BCUT2D eigenvalue weighted by Gasteiger charge is -2.09. The number of nitrogens with one attached hydrogen (secondary N) is 1. The van der Waals surface area contributed by atoms with Gasteiger partial charge in [0.2, 0.25) is 0 Å². The lowest BCUT2D eigenvalue weighted by atomic mass is 9.99. The lowest BCUT2D eigenvalue weighted by Crippen LogP contribution is -1.99.